The number of hydrogen-bond donors (Lipinski definition) is 1. The van der Waals surface area contributed by atoms with E-state index in [1.54, 1.807) is 36.4 Å². The summed E-state index contributed by atoms with van der Waals surface area (Å²) in [5, 5.41) is 0. The summed E-state index contributed by atoms with van der Waals surface area (Å²) in [4.78, 5) is 17.3. The minimum atomic E-state index is -3.84. The Morgan fingerprint density at radius 3 is 2.40 bits per heavy atom. The summed E-state index contributed by atoms with van der Waals surface area (Å²) in [6.07, 6.45) is 1.86. The van der Waals surface area contributed by atoms with Crippen molar-refractivity contribution in [1.82, 2.24) is 4.57 Å². The van der Waals surface area contributed by atoms with Crippen LogP contribution in [0.5, 0.6) is 5.75 Å². The first-order valence-corrected chi connectivity index (χ1v) is 12.6. The number of aromatic nitrogens is 1. The van der Waals surface area contributed by atoms with Crippen LogP contribution in [-0.2, 0) is 16.6 Å². The monoisotopic (exact) mass is 487 g/mol. The molecule has 1 amide bonds. The van der Waals surface area contributed by atoms with Gasteiger partial charge in [-0.15, -0.1) is 0 Å². The molecule has 0 saturated carbocycles. The predicted molar refractivity (Wildman–Crippen MR) is 135 cm³/mol. The van der Waals surface area contributed by atoms with Crippen molar-refractivity contribution < 1.29 is 17.9 Å². The van der Waals surface area contributed by atoms with Crippen LogP contribution in [-0.4, -0.2) is 25.5 Å². The van der Waals surface area contributed by atoms with Gasteiger partial charge in [0.1, 0.15) is 11.2 Å². The molecule has 0 bridgehead atoms. The SMILES string of the molecule is CCOc1ccc(S(=O)(=O)Nc2cccc(C(=O)N=c3ccccn3Cc3ccccc3)c2)cc1. The van der Waals surface area contributed by atoms with Crippen LogP contribution in [0.4, 0.5) is 5.69 Å². The quantitative estimate of drug-likeness (QED) is 0.397. The first-order chi connectivity index (χ1) is 16.9. The number of sulfonamides is 1. The number of carbonyl (C=O) groups is 1. The van der Waals surface area contributed by atoms with E-state index in [2.05, 4.69) is 9.71 Å². The van der Waals surface area contributed by atoms with Crippen molar-refractivity contribution in [2.24, 2.45) is 4.99 Å². The average molecular weight is 488 g/mol. The van der Waals surface area contributed by atoms with Crippen LogP contribution in [0.3, 0.4) is 0 Å². The van der Waals surface area contributed by atoms with Gasteiger partial charge in [-0.05, 0) is 67.1 Å². The van der Waals surface area contributed by atoms with Crippen LogP contribution < -0.4 is 14.9 Å². The average Bonchev–Trinajstić information content (AvgIpc) is 2.86. The van der Waals surface area contributed by atoms with E-state index in [-0.39, 0.29) is 16.1 Å². The Morgan fingerprint density at radius 1 is 0.914 bits per heavy atom. The second kappa shape index (κ2) is 10.8. The summed E-state index contributed by atoms with van der Waals surface area (Å²) in [5.74, 6) is 0.117. The van der Waals surface area contributed by atoms with Crippen LogP contribution in [0.1, 0.15) is 22.8 Å². The summed E-state index contributed by atoms with van der Waals surface area (Å²) < 4.78 is 35.4. The third-order valence-electron chi connectivity index (χ3n) is 5.14. The van der Waals surface area contributed by atoms with E-state index >= 15 is 0 Å². The number of rotatable bonds is 8. The molecule has 1 aromatic heterocycles. The molecular formula is C27H25N3O4S. The Kier molecular flexibility index (Phi) is 7.42. The van der Waals surface area contributed by atoms with Crippen molar-refractivity contribution in [3.8, 4) is 5.75 Å². The topological polar surface area (TPSA) is 89.8 Å². The number of nitrogens with zero attached hydrogens (tertiary/aromatic N) is 2. The Hall–Kier alpha value is -4.17. The zero-order chi connectivity index (χ0) is 24.7. The maximum Gasteiger partial charge on any atom is 0.279 e. The maximum atomic E-state index is 12.9. The Balaban J connectivity index is 1.55. The van der Waals surface area contributed by atoms with Gasteiger partial charge in [-0.3, -0.25) is 9.52 Å². The van der Waals surface area contributed by atoms with Crippen molar-refractivity contribution in [3.05, 3.63) is 120 Å². The highest BCUT2D eigenvalue weighted by atomic mass is 32.2. The first-order valence-electron chi connectivity index (χ1n) is 11.1. The number of carbonyl (C=O) groups excluding carboxylic acids is 1. The molecule has 4 aromatic rings. The van der Waals surface area contributed by atoms with Crippen molar-refractivity contribution in [2.45, 2.75) is 18.4 Å². The summed E-state index contributed by atoms with van der Waals surface area (Å²) in [6.45, 7) is 2.91. The molecule has 0 atom stereocenters. The minimum absolute atomic E-state index is 0.0913. The van der Waals surface area contributed by atoms with E-state index in [0.29, 0.717) is 24.4 Å². The fourth-order valence-electron chi connectivity index (χ4n) is 3.46. The van der Waals surface area contributed by atoms with Crippen molar-refractivity contribution in [2.75, 3.05) is 11.3 Å². The van der Waals surface area contributed by atoms with E-state index in [9.17, 15) is 13.2 Å². The van der Waals surface area contributed by atoms with Gasteiger partial charge >= 0.3 is 0 Å². The number of amides is 1. The first kappa shape index (κ1) is 24.0. The van der Waals surface area contributed by atoms with E-state index in [1.807, 2.05) is 60.2 Å². The summed E-state index contributed by atoms with van der Waals surface area (Å²) in [6, 6.07) is 27.7. The third-order valence-corrected chi connectivity index (χ3v) is 6.53. The second-order valence-corrected chi connectivity index (χ2v) is 9.36. The molecule has 0 saturated heterocycles. The molecule has 178 valence electrons. The minimum Gasteiger partial charge on any atom is -0.494 e. The largest absolute Gasteiger partial charge is 0.494 e. The zero-order valence-electron chi connectivity index (χ0n) is 19.2. The van der Waals surface area contributed by atoms with Gasteiger partial charge in [-0.25, -0.2) is 8.42 Å². The molecule has 0 radical (unpaired) electrons. The molecule has 0 fully saturated rings. The fraction of sp³-hybridized carbons (Fsp3) is 0.111. The van der Waals surface area contributed by atoms with Gasteiger partial charge in [-0.1, -0.05) is 42.5 Å². The fourth-order valence-corrected chi connectivity index (χ4v) is 4.51. The molecular weight excluding hydrogens is 462 g/mol. The molecule has 4 rings (SSSR count). The summed E-state index contributed by atoms with van der Waals surface area (Å²) >= 11 is 0. The smallest absolute Gasteiger partial charge is 0.279 e. The molecule has 35 heavy (non-hydrogen) atoms. The number of nitrogens with one attached hydrogen (secondary N) is 1. The third kappa shape index (κ3) is 6.24. The molecule has 7 nitrogen and oxygen atoms in total. The van der Waals surface area contributed by atoms with Crippen LogP contribution in [0.2, 0.25) is 0 Å². The van der Waals surface area contributed by atoms with Gasteiger partial charge in [0.2, 0.25) is 0 Å². The highest BCUT2D eigenvalue weighted by Gasteiger charge is 2.15. The summed E-state index contributed by atoms with van der Waals surface area (Å²) in [5.41, 5.74) is 2.12. The van der Waals surface area contributed by atoms with Gasteiger partial charge in [-0.2, -0.15) is 4.99 Å². The summed E-state index contributed by atoms with van der Waals surface area (Å²) in [7, 11) is -3.84. The molecule has 3 aromatic carbocycles. The van der Waals surface area contributed by atoms with Gasteiger partial charge in [0.25, 0.3) is 15.9 Å². The lowest BCUT2D eigenvalue weighted by Crippen LogP contribution is -2.22. The van der Waals surface area contributed by atoms with Crippen LogP contribution in [0.15, 0.2) is 113 Å². The molecule has 0 aliphatic carbocycles. The molecule has 1 heterocycles. The number of benzene rings is 3. The van der Waals surface area contributed by atoms with E-state index < -0.39 is 15.9 Å². The van der Waals surface area contributed by atoms with Crippen LogP contribution in [0, 0.1) is 0 Å². The molecule has 8 heteroatoms. The molecule has 1 N–H and O–H groups in total. The zero-order valence-corrected chi connectivity index (χ0v) is 20.0. The second-order valence-electron chi connectivity index (χ2n) is 7.68. The Labute approximate surface area is 204 Å². The molecule has 0 aliphatic heterocycles. The van der Waals surface area contributed by atoms with Crippen LogP contribution in [0.25, 0.3) is 0 Å². The molecule has 0 spiro atoms. The standard InChI is InChI=1S/C27H25N3O4S/c1-2-34-24-14-16-25(17-15-24)35(32,33)29-23-12-8-11-22(19-23)27(31)28-26-13-6-7-18-30(26)20-21-9-4-3-5-10-21/h3-19,29H,2,20H2,1H3. The van der Waals surface area contributed by atoms with Crippen molar-refractivity contribution in [3.63, 3.8) is 0 Å². The van der Waals surface area contributed by atoms with Gasteiger partial charge < -0.3 is 9.30 Å². The van der Waals surface area contributed by atoms with Crippen LogP contribution >= 0.6 is 0 Å². The van der Waals surface area contributed by atoms with E-state index in [0.717, 1.165) is 5.56 Å². The molecule has 0 aliphatic rings. The van der Waals surface area contributed by atoms with Crippen molar-refractivity contribution in [1.29, 1.82) is 0 Å². The van der Waals surface area contributed by atoms with Crippen molar-refractivity contribution >= 4 is 21.6 Å². The Bertz CT molecular complexity index is 1480. The van der Waals surface area contributed by atoms with E-state index in [4.69, 9.17) is 4.74 Å². The number of hydrogen-bond acceptors (Lipinski definition) is 4. The van der Waals surface area contributed by atoms with Gasteiger partial charge in [0.05, 0.1) is 11.5 Å². The highest BCUT2D eigenvalue weighted by molar-refractivity contribution is 7.92. The lowest BCUT2D eigenvalue weighted by molar-refractivity contribution is 0.0997. The lowest BCUT2D eigenvalue weighted by atomic mass is 10.2. The van der Waals surface area contributed by atoms with Gasteiger partial charge in [0, 0.05) is 24.0 Å². The van der Waals surface area contributed by atoms with E-state index in [1.165, 1.54) is 18.2 Å². The number of ether oxygens (including phenoxy) is 1. The number of pyridine rings is 1. The maximum absolute atomic E-state index is 12.9. The Morgan fingerprint density at radius 2 is 1.66 bits per heavy atom. The highest BCUT2D eigenvalue weighted by Crippen LogP contribution is 2.20. The van der Waals surface area contributed by atoms with Gasteiger partial charge in [0.15, 0.2) is 0 Å². The molecule has 0 unspecified atom stereocenters. The normalized spacial score (nSPS) is 11.7. The lowest BCUT2D eigenvalue weighted by Gasteiger charge is -2.10. The predicted octanol–water partition coefficient (Wildman–Crippen LogP) is 4.48. The number of anilines is 1.